The number of hydrogen-bond donors (Lipinski definition) is 0. The van der Waals surface area contributed by atoms with E-state index in [4.69, 9.17) is 0 Å². The Morgan fingerprint density at radius 2 is 0.500 bits per heavy atom. The smallest absolute Gasteiger partial charge is 0.295 e. The minimum absolute atomic E-state index is 0.608. The molecular formula is C38H76F3N. The van der Waals surface area contributed by atoms with E-state index in [2.05, 4.69) is 13.8 Å². The van der Waals surface area contributed by atoms with Crippen LogP contribution >= 0.6 is 0 Å². The molecule has 0 aliphatic heterocycles. The van der Waals surface area contributed by atoms with Crippen molar-refractivity contribution < 1.29 is 13.2 Å². The molecule has 0 aromatic carbocycles. The molecule has 0 aromatic rings. The molecule has 4 heteroatoms. The van der Waals surface area contributed by atoms with Crippen LogP contribution in [-0.2, 0) is 0 Å². The summed E-state index contributed by atoms with van der Waals surface area (Å²) in [6.07, 6.45) is 37.8. The van der Waals surface area contributed by atoms with Gasteiger partial charge < -0.3 is 0 Å². The van der Waals surface area contributed by atoms with Crippen LogP contribution in [0.25, 0.3) is 0 Å². The van der Waals surface area contributed by atoms with Crippen LogP contribution in [0.3, 0.4) is 0 Å². The molecule has 254 valence electrons. The molecule has 0 saturated heterocycles. The summed E-state index contributed by atoms with van der Waals surface area (Å²) in [7, 11) is 0. The summed E-state index contributed by atoms with van der Waals surface area (Å²) in [5.41, 5.74) is 0. The second-order valence-corrected chi connectivity index (χ2v) is 13.5. The summed E-state index contributed by atoms with van der Waals surface area (Å²) in [5, 5.41) is 0. The van der Waals surface area contributed by atoms with E-state index in [9.17, 15) is 13.2 Å². The lowest BCUT2D eigenvalue weighted by atomic mass is 10.0. The van der Waals surface area contributed by atoms with E-state index < -0.39 is 12.7 Å². The predicted molar refractivity (Wildman–Crippen MR) is 182 cm³/mol. The number of nitrogens with zero attached hydrogens (tertiary/aromatic N) is 1. The first-order valence-electron chi connectivity index (χ1n) is 19.3. The Bertz CT molecular complexity index is 457. The molecule has 0 radical (unpaired) electrons. The predicted octanol–water partition coefficient (Wildman–Crippen LogP) is 14.4. The van der Waals surface area contributed by atoms with E-state index in [1.54, 1.807) is 4.90 Å². The summed E-state index contributed by atoms with van der Waals surface area (Å²) >= 11 is 0. The number of halogens is 3. The molecule has 1 nitrogen and oxygen atoms in total. The summed E-state index contributed by atoms with van der Waals surface area (Å²) in [5.74, 6) is 0. The van der Waals surface area contributed by atoms with E-state index in [1.807, 2.05) is 0 Å². The fraction of sp³-hybridized carbons (Fsp3) is 1.00. The quantitative estimate of drug-likeness (QED) is 0.0651. The zero-order valence-electron chi connectivity index (χ0n) is 28.8. The standard InChI is InChI=1S/C38H76F3N/c1-3-5-7-9-11-13-15-17-19-21-23-25-27-29-31-33-35-42(37-38(39,40)41)36-34-32-30-28-26-24-22-20-18-16-14-12-10-8-6-4-2/h3-37H2,1-2H3. The van der Waals surface area contributed by atoms with Gasteiger partial charge in [-0.2, -0.15) is 13.2 Å². The van der Waals surface area contributed by atoms with Gasteiger partial charge in [0.05, 0.1) is 6.54 Å². The van der Waals surface area contributed by atoms with Crippen molar-refractivity contribution in [2.24, 2.45) is 0 Å². The van der Waals surface area contributed by atoms with Gasteiger partial charge in [-0.15, -0.1) is 0 Å². The van der Waals surface area contributed by atoms with Gasteiger partial charge in [0.25, 0.3) is 0 Å². The highest BCUT2D eigenvalue weighted by Gasteiger charge is 2.30. The third-order valence-electron chi connectivity index (χ3n) is 9.06. The molecule has 0 bridgehead atoms. The molecule has 0 fully saturated rings. The van der Waals surface area contributed by atoms with Crippen molar-refractivity contribution in [2.45, 2.75) is 225 Å². The first kappa shape index (κ1) is 41.8. The zero-order chi connectivity index (χ0) is 30.8. The first-order valence-corrected chi connectivity index (χ1v) is 19.3. The van der Waals surface area contributed by atoms with Crippen LogP contribution in [0.15, 0.2) is 0 Å². The molecule has 0 amide bonds. The van der Waals surface area contributed by atoms with Crippen molar-refractivity contribution in [1.82, 2.24) is 4.90 Å². The van der Waals surface area contributed by atoms with Crippen molar-refractivity contribution in [2.75, 3.05) is 19.6 Å². The molecule has 42 heavy (non-hydrogen) atoms. The molecule has 0 rings (SSSR count). The maximum atomic E-state index is 13.1. The van der Waals surface area contributed by atoms with Crippen LogP contribution in [0.4, 0.5) is 13.2 Å². The Hall–Kier alpha value is -0.250. The lowest BCUT2D eigenvalue weighted by molar-refractivity contribution is -0.146. The minimum atomic E-state index is -4.08. The second-order valence-electron chi connectivity index (χ2n) is 13.5. The number of rotatable bonds is 35. The third-order valence-corrected chi connectivity index (χ3v) is 9.06. The van der Waals surface area contributed by atoms with E-state index >= 15 is 0 Å². The first-order chi connectivity index (χ1) is 20.5. The maximum absolute atomic E-state index is 13.1. The molecule has 0 aliphatic rings. The van der Waals surface area contributed by atoms with Gasteiger partial charge in [-0.25, -0.2) is 0 Å². The molecule has 0 aliphatic carbocycles. The maximum Gasteiger partial charge on any atom is 0.401 e. The summed E-state index contributed by atoms with van der Waals surface area (Å²) in [4.78, 5) is 1.67. The van der Waals surface area contributed by atoms with Crippen molar-refractivity contribution in [3.8, 4) is 0 Å². The normalized spacial score (nSPS) is 12.1. The second kappa shape index (κ2) is 33.6. The van der Waals surface area contributed by atoms with Gasteiger partial charge >= 0.3 is 6.18 Å². The van der Waals surface area contributed by atoms with Crippen LogP contribution in [0.5, 0.6) is 0 Å². The summed E-state index contributed by atoms with van der Waals surface area (Å²) < 4.78 is 39.2. The van der Waals surface area contributed by atoms with Crippen molar-refractivity contribution >= 4 is 0 Å². The van der Waals surface area contributed by atoms with Crippen LogP contribution in [0.2, 0.25) is 0 Å². The van der Waals surface area contributed by atoms with Crippen LogP contribution < -0.4 is 0 Å². The highest BCUT2D eigenvalue weighted by atomic mass is 19.4. The van der Waals surface area contributed by atoms with Gasteiger partial charge in [0.1, 0.15) is 0 Å². The molecule has 0 unspecified atom stereocenters. The minimum Gasteiger partial charge on any atom is -0.295 e. The Morgan fingerprint density at radius 1 is 0.310 bits per heavy atom. The Balaban J connectivity index is 3.57. The fourth-order valence-corrected chi connectivity index (χ4v) is 6.29. The van der Waals surface area contributed by atoms with Gasteiger partial charge in [-0.1, -0.05) is 206 Å². The Kier molecular flexibility index (Phi) is 33.4. The van der Waals surface area contributed by atoms with E-state index in [0.29, 0.717) is 13.1 Å². The van der Waals surface area contributed by atoms with Crippen molar-refractivity contribution in [1.29, 1.82) is 0 Å². The molecule has 0 N–H and O–H groups in total. The molecule has 0 aromatic heterocycles. The Labute approximate surface area is 262 Å². The average molecular weight is 604 g/mol. The van der Waals surface area contributed by atoms with Gasteiger partial charge in [0.15, 0.2) is 0 Å². The highest BCUT2D eigenvalue weighted by Crippen LogP contribution is 2.19. The molecule has 0 spiro atoms. The average Bonchev–Trinajstić information content (AvgIpc) is 2.95. The van der Waals surface area contributed by atoms with Gasteiger partial charge in [-0.05, 0) is 25.9 Å². The van der Waals surface area contributed by atoms with Crippen LogP contribution in [0, 0.1) is 0 Å². The Morgan fingerprint density at radius 3 is 0.690 bits per heavy atom. The van der Waals surface area contributed by atoms with E-state index in [-0.39, 0.29) is 0 Å². The van der Waals surface area contributed by atoms with E-state index in [0.717, 1.165) is 25.7 Å². The zero-order valence-corrected chi connectivity index (χ0v) is 28.8. The number of alkyl halides is 3. The van der Waals surface area contributed by atoms with Crippen molar-refractivity contribution in [3.63, 3.8) is 0 Å². The van der Waals surface area contributed by atoms with Gasteiger partial charge in [-0.3, -0.25) is 4.90 Å². The molecule has 0 heterocycles. The highest BCUT2D eigenvalue weighted by molar-refractivity contribution is 4.64. The summed E-state index contributed by atoms with van der Waals surface area (Å²) in [6.45, 7) is 5.03. The van der Waals surface area contributed by atoms with Crippen LogP contribution in [0.1, 0.15) is 219 Å². The monoisotopic (exact) mass is 604 g/mol. The molecule has 0 saturated carbocycles. The lowest BCUT2D eigenvalue weighted by Crippen LogP contribution is -2.35. The third kappa shape index (κ3) is 35.9. The fourth-order valence-electron chi connectivity index (χ4n) is 6.29. The van der Waals surface area contributed by atoms with Crippen molar-refractivity contribution in [3.05, 3.63) is 0 Å². The topological polar surface area (TPSA) is 3.24 Å². The van der Waals surface area contributed by atoms with E-state index in [1.165, 1.54) is 180 Å². The molecular weight excluding hydrogens is 527 g/mol. The number of hydrogen-bond acceptors (Lipinski definition) is 1. The van der Waals surface area contributed by atoms with Gasteiger partial charge in [0.2, 0.25) is 0 Å². The SMILES string of the molecule is CCCCCCCCCCCCCCCCCCN(CCCCCCCCCCCCCCCCCC)CC(F)(F)F. The van der Waals surface area contributed by atoms with Crippen LogP contribution in [-0.4, -0.2) is 30.7 Å². The van der Waals surface area contributed by atoms with Gasteiger partial charge in [0, 0.05) is 0 Å². The number of unbranched alkanes of at least 4 members (excludes halogenated alkanes) is 30. The lowest BCUT2D eigenvalue weighted by Gasteiger charge is -2.23. The summed E-state index contributed by atoms with van der Waals surface area (Å²) in [6, 6.07) is 0. The molecule has 0 atom stereocenters. The largest absolute Gasteiger partial charge is 0.401 e.